The summed E-state index contributed by atoms with van der Waals surface area (Å²) in [7, 11) is 0. The minimum absolute atomic E-state index is 0.125. The van der Waals surface area contributed by atoms with Crippen molar-refractivity contribution < 1.29 is 13.2 Å². The largest absolute Gasteiger partial charge is 0.204 e. The van der Waals surface area contributed by atoms with E-state index in [0.29, 0.717) is 5.56 Å². The van der Waals surface area contributed by atoms with E-state index in [1.54, 1.807) is 0 Å². The molecule has 0 atom stereocenters. The molecule has 0 heterocycles. The van der Waals surface area contributed by atoms with Crippen molar-refractivity contribution >= 4 is 0 Å². The first-order valence-electron chi connectivity index (χ1n) is 5.74. The molecule has 0 spiro atoms. The molecule has 0 bridgehead atoms. The third kappa shape index (κ3) is 3.00. The molecule has 0 aliphatic rings. The molecule has 0 saturated heterocycles. The number of benzene rings is 1. The number of rotatable bonds is 5. The number of hydrogen-bond acceptors (Lipinski definition) is 0. The lowest BCUT2D eigenvalue weighted by Gasteiger charge is -2.16. The molecule has 0 fully saturated rings. The molecule has 0 N–H and O–H groups in total. The maximum Gasteiger partial charge on any atom is 0.194 e. The molecule has 0 amide bonds. The quantitative estimate of drug-likeness (QED) is 0.638. The van der Waals surface area contributed by atoms with Crippen molar-refractivity contribution in [3.05, 3.63) is 35.1 Å². The summed E-state index contributed by atoms with van der Waals surface area (Å²) < 4.78 is 38.9. The van der Waals surface area contributed by atoms with Gasteiger partial charge in [-0.05, 0) is 36.5 Å². The Bertz CT molecular complexity index is 318. The van der Waals surface area contributed by atoms with Gasteiger partial charge >= 0.3 is 0 Å². The van der Waals surface area contributed by atoms with Gasteiger partial charge in [0.2, 0.25) is 0 Å². The van der Waals surface area contributed by atoms with Gasteiger partial charge in [-0.3, -0.25) is 0 Å². The molecule has 1 aromatic carbocycles. The molecule has 1 aromatic rings. The van der Waals surface area contributed by atoms with E-state index < -0.39 is 17.5 Å². The monoisotopic (exact) mass is 230 g/mol. The van der Waals surface area contributed by atoms with Crippen LogP contribution >= 0.6 is 0 Å². The predicted octanol–water partition coefficient (Wildman–Crippen LogP) is 4.79. The van der Waals surface area contributed by atoms with E-state index >= 15 is 0 Å². The summed E-state index contributed by atoms with van der Waals surface area (Å²) in [6.45, 7) is 4.05. The van der Waals surface area contributed by atoms with Gasteiger partial charge in [0.05, 0.1) is 0 Å². The van der Waals surface area contributed by atoms with Crippen molar-refractivity contribution in [3.8, 4) is 0 Å². The molecule has 0 unspecified atom stereocenters. The van der Waals surface area contributed by atoms with Gasteiger partial charge in [-0.15, -0.1) is 0 Å². The Morgan fingerprint density at radius 2 is 1.38 bits per heavy atom. The summed E-state index contributed by atoms with van der Waals surface area (Å²) in [5.74, 6) is -3.44. The van der Waals surface area contributed by atoms with Crippen LogP contribution in [0.5, 0.6) is 0 Å². The van der Waals surface area contributed by atoms with Crippen LogP contribution in [0, 0.1) is 17.5 Å². The Labute approximate surface area is 94.5 Å². The highest BCUT2D eigenvalue weighted by molar-refractivity contribution is 5.23. The highest BCUT2D eigenvalue weighted by Crippen LogP contribution is 2.28. The summed E-state index contributed by atoms with van der Waals surface area (Å²) in [5, 5.41) is 0. The van der Waals surface area contributed by atoms with Gasteiger partial charge in [0.15, 0.2) is 17.5 Å². The fraction of sp³-hybridized carbons (Fsp3) is 0.538. The molecular weight excluding hydrogens is 213 g/mol. The summed E-state index contributed by atoms with van der Waals surface area (Å²) in [5.41, 5.74) is 0.570. The predicted molar refractivity (Wildman–Crippen MR) is 58.9 cm³/mol. The third-order valence-corrected chi connectivity index (χ3v) is 2.75. The summed E-state index contributed by atoms with van der Waals surface area (Å²) in [4.78, 5) is 0. The Kier molecular flexibility index (Phi) is 4.84. The third-order valence-electron chi connectivity index (χ3n) is 2.75. The molecule has 0 radical (unpaired) electrons. The van der Waals surface area contributed by atoms with Crippen molar-refractivity contribution in [2.24, 2.45) is 0 Å². The molecule has 16 heavy (non-hydrogen) atoms. The highest BCUT2D eigenvalue weighted by atomic mass is 19.2. The van der Waals surface area contributed by atoms with Gasteiger partial charge < -0.3 is 0 Å². The standard InChI is InChI=1S/C13H17F3/c1-3-5-9(6-4-2)10-7-11(14)13(16)12(15)8-10/h7-9H,3-6H2,1-2H3. The van der Waals surface area contributed by atoms with Crippen molar-refractivity contribution in [2.45, 2.75) is 45.4 Å². The molecule has 0 saturated carbocycles. The second-order valence-electron chi connectivity index (χ2n) is 4.07. The topological polar surface area (TPSA) is 0 Å². The van der Waals surface area contributed by atoms with Crippen LogP contribution in [0.25, 0.3) is 0 Å². The van der Waals surface area contributed by atoms with Gasteiger partial charge in [0.25, 0.3) is 0 Å². The molecule has 0 nitrogen and oxygen atoms in total. The Balaban J connectivity index is 3.00. The number of halogens is 3. The van der Waals surface area contributed by atoms with Crippen molar-refractivity contribution in [1.82, 2.24) is 0 Å². The lowest BCUT2D eigenvalue weighted by molar-refractivity contribution is 0.440. The lowest BCUT2D eigenvalue weighted by Crippen LogP contribution is -2.02. The van der Waals surface area contributed by atoms with E-state index in [9.17, 15) is 13.2 Å². The maximum atomic E-state index is 13.1. The fourth-order valence-corrected chi connectivity index (χ4v) is 1.99. The zero-order chi connectivity index (χ0) is 12.1. The summed E-state index contributed by atoms with van der Waals surface area (Å²) in [6, 6.07) is 2.24. The molecule has 3 heteroatoms. The van der Waals surface area contributed by atoms with Crippen LogP contribution in [0.1, 0.15) is 51.0 Å². The van der Waals surface area contributed by atoms with E-state index in [0.717, 1.165) is 37.8 Å². The van der Waals surface area contributed by atoms with Crippen molar-refractivity contribution in [2.75, 3.05) is 0 Å². The molecule has 0 aliphatic heterocycles. The van der Waals surface area contributed by atoms with Gasteiger partial charge in [-0.25, -0.2) is 13.2 Å². The smallest absolute Gasteiger partial charge is 0.194 e. The van der Waals surface area contributed by atoms with E-state index in [1.807, 2.05) is 13.8 Å². The second kappa shape index (κ2) is 5.92. The number of hydrogen-bond donors (Lipinski definition) is 0. The normalized spacial score (nSPS) is 11.1. The van der Waals surface area contributed by atoms with Crippen LogP contribution < -0.4 is 0 Å². The van der Waals surface area contributed by atoms with E-state index in [-0.39, 0.29) is 5.92 Å². The van der Waals surface area contributed by atoms with Gasteiger partial charge in [0.1, 0.15) is 0 Å². The zero-order valence-electron chi connectivity index (χ0n) is 9.69. The fourth-order valence-electron chi connectivity index (χ4n) is 1.99. The summed E-state index contributed by atoms with van der Waals surface area (Å²) >= 11 is 0. The van der Waals surface area contributed by atoms with Crippen LogP contribution in [0.2, 0.25) is 0 Å². The van der Waals surface area contributed by atoms with Crippen LogP contribution in [0.15, 0.2) is 12.1 Å². The zero-order valence-corrected chi connectivity index (χ0v) is 9.69. The molecule has 0 aromatic heterocycles. The minimum Gasteiger partial charge on any atom is -0.204 e. The molecule has 0 aliphatic carbocycles. The van der Waals surface area contributed by atoms with E-state index in [4.69, 9.17) is 0 Å². The first kappa shape index (κ1) is 13.1. The molecule has 90 valence electrons. The summed E-state index contributed by atoms with van der Waals surface area (Å²) in [6.07, 6.45) is 3.65. The SMILES string of the molecule is CCCC(CCC)c1cc(F)c(F)c(F)c1. The van der Waals surface area contributed by atoms with Gasteiger partial charge in [-0.2, -0.15) is 0 Å². The first-order chi connectivity index (χ1) is 7.60. The highest BCUT2D eigenvalue weighted by Gasteiger charge is 2.16. The Morgan fingerprint density at radius 3 is 1.75 bits per heavy atom. The van der Waals surface area contributed by atoms with Crippen LogP contribution in [-0.4, -0.2) is 0 Å². The van der Waals surface area contributed by atoms with Crippen LogP contribution in [0.4, 0.5) is 13.2 Å². The molecule has 1 rings (SSSR count). The van der Waals surface area contributed by atoms with Crippen LogP contribution in [0.3, 0.4) is 0 Å². The van der Waals surface area contributed by atoms with Crippen molar-refractivity contribution in [3.63, 3.8) is 0 Å². The van der Waals surface area contributed by atoms with E-state index in [2.05, 4.69) is 0 Å². The Hall–Kier alpha value is -0.990. The van der Waals surface area contributed by atoms with E-state index in [1.165, 1.54) is 0 Å². The minimum atomic E-state index is -1.38. The Morgan fingerprint density at radius 1 is 0.938 bits per heavy atom. The van der Waals surface area contributed by atoms with Crippen molar-refractivity contribution in [1.29, 1.82) is 0 Å². The maximum absolute atomic E-state index is 13.1. The van der Waals surface area contributed by atoms with Crippen LogP contribution in [-0.2, 0) is 0 Å². The lowest BCUT2D eigenvalue weighted by atomic mass is 9.90. The van der Waals surface area contributed by atoms with Gasteiger partial charge in [-0.1, -0.05) is 26.7 Å². The molecular formula is C13H17F3. The average molecular weight is 230 g/mol. The second-order valence-corrected chi connectivity index (χ2v) is 4.07. The average Bonchev–Trinajstić information content (AvgIpc) is 2.25. The van der Waals surface area contributed by atoms with Gasteiger partial charge in [0, 0.05) is 0 Å². The first-order valence-corrected chi connectivity index (χ1v) is 5.74.